The van der Waals surface area contributed by atoms with Crippen molar-refractivity contribution in [3.8, 4) is 0 Å². The lowest BCUT2D eigenvalue weighted by atomic mass is 9.96. The van der Waals surface area contributed by atoms with Crippen LogP contribution in [-0.4, -0.2) is 40.0 Å². The molecule has 0 radical (unpaired) electrons. The summed E-state index contributed by atoms with van der Waals surface area (Å²) in [5, 5.41) is 2.53. The van der Waals surface area contributed by atoms with Gasteiger partial charge in [-0.05, 0) is 37.1 Å². The Labute approximate surface area is 172 Å². The fourth-order valence-electron chi connectivity index (χ4n) is 3.96. The van der Waals surface area contributed by atoms with Crippen molar-refractivity contribution in [2.75, 3.05) is 18.4 Å². The highest BCUT2D eigenvalue weighted by molar-refractivity contribution is 8.01. The number of aromatic nitrogens is 1. The molecule has 6 nitrogen and oxygen atoms in total. The SMILES string of the molecule is O=C1Nc2ccccc2S[C@H]1CC(=O)N1CCC(c2nc3ccccc3o2)CC1. The van der Waals surface area contributed by atoms with Crippen molar-refractivity contribution in [3.05, 3.63) is 54.4 Å². The van der Waals surface area contributed by atoms with Crippen molar-refractivity contribution < 1.29 is 14.0 Å². The highest BCUT2D eigenvalue weighted by atomic mass is 32.2. The molecule has 148 valence electrons. The number of para-hydroxylation sites is 3. The number of hydrogen-bond acceptors (Lipinski definition) is 5. The largest absolute Gasteiger partial charge is 0.440 e. The van der Waals surface area contributed by atoms with Gasteiger partial charge in [0.2, 0.25) is 11.8 Å². The highest BCUT2D eigenvalue weighted by Gasteiger charge is 2.32. The zero-order valence-electron chi connectivity index (χ0n) is 15.8. The maximum atomic E-state index is 12.8. The van der Waals surface area contributed by atoms with E-state index in [0.717, 1.165) is 40.4 Å². The number of benzene rings is 2. The molecule has 2 aromatic carbocycles. The number of carbonyl (C=O) groups is 2. The molecule has 0 bridgehead atoms. The molecule has 1 atom stereocenters. The third kappa shape index (κ3) is 3.62. The first kappa shape index (κ1) is 18.2. The molecule has 3 heterocycles. The van der Waals surface area contributed by atoms with E-state index < -0.39 is 0 Å². The van der Waals surface area contributed by atoms with Gasteiger partial charge in [0.1, 0.15) is 5.52 Å². The summed E-state index contributed by atoms with van der Waals surface area (Å²) in [5.41, 5.74) is 2.51. The van der Waals surface area contributed by atoms with Crippen LogP contribution in [0.1, 0.15) is 31.1 Å². The summed E-state index contributed by atoms with van der Waals surface area (Å²) in [6, 6.07) is 15.5. The fraction of sp³-hybridized carbons (Fsp3) is 0.318. The number of nitrogens with one attached hydrogen (secondary N) is 1. The smallest absolute Gasteiger partial charge is 0.238 e. The minimum atomic E-state index is -0.382. The van der Waals surface area contributed by atoms with Crippen molar-refractivity contribution in [2.45, 2.75) is 35.3 Å². The van der Waals surface area contributed by atoms with Gasteiger partial charge in [-0.1, -0.05) is 24.3 Å². The maximum absolute atomic E-state index is 12.8. The minimum absolute atomic E-state index is 0.0352. The predicted octanol–water partition coefficient (Wildman–Crippen LogP) is 4.04. The van der Waals surface area contributed by atoms with E-state index in [1.54, 1.807) is 0 Å². The number of oxazole rings is 1. The Balaban J connectivity index is 1.20. The van der Waals surface area contributed by atoms with Crippen molar-refractivity contribution in [1.82, 2.24) is 9.88 Å². The Morgan fingerprint density at radius 3 is 2.72 bits per heavy atom. The summed E-state index contributed by atoms with van der Waals surface area (Å²) in [6.45, 7) is 1.33. The van der Waals surface area contributed by atoms with Crippen LogP contribution in [0.15, 0.2) is 57.8 Å². The van der Waals surface area contributed by atoms with Crippen molar-refractivity contribution in [3.63, 3.8) is 0 Å². The summed E-state index contributed by atoms with van der Waals surface area (Å²) in [5.74, 6) is 0.930. The lowest BCUT2D eigenvalue weighted by molar-refractivity contribution is -0.133. The number of likely N-dealkylation sites (tertiary alicyclic amines) is 1. The zero-order chi connectivity index (χ0) is 19.8. The summed E-state index contributed by atoms with van der Waals surface area (Å²) < 4.78 is 5.90. The molecule has 1 fully saturated rings. The monoisotopic (exact) mass is 407 g/mol. The molecule has 3 aromatic rings. The van der Waals surface area contributed by atoms with Crippen molar-refractivity contribution in [2.24, 2.45) is 0 Å². The van der Waals surface area contributed by atoms with Gasteiger partial charge in [-0.25, -0.2) is 4.98 Å². The molecule has 0 unspecified atom stereocenters. The van der Waals surface area contributed by atoms with Crippen molar-refractivity contribution in [1.29, 1.82) is 0 Å². The van der Waals surface area contributed by atoms with E-state index in [1.807, 2.05) is 53.4 Å². The highest BCUT2D eigenvalue weighted by Crippen LogP contribution is 2.37. The van der Waals surface area contributed by atoms with E-state index in [-0.39, 0.29) is 29.4 Å². The quantitative estimate of drug-likeness (QED) is 0.709. The molecule has 1 N–H and O–H groups in total. The molecule has 7 heteroatoms. The Morgan fingerprint density at radius 1 is 1.14 bits per heavy atom. The first-order chi connectivity index (χ1) is 14.2. The molecule has 1 aromatic heterocycles. The average Bonchev–Trinajstić information content (AvgIpc) is 3.19. The number of anilines is 1. The summed E-state index contributed by atoms with van der Waals surface area (Å²) >= 11 is 1.47. The second-order valence-corrected chi connectivity index (χ2v) is 8.72. The normalized spacial score (nSPS) is 19.8. The average molecular weight is 407 g/mol. The van der Waals surface area contributed by atoms with Gasteiger partial charge in [-0.3, -0.25) is 9.59 Å². The summed E-state index contributed by atoms with van der Waals surface area (Å²) in [4.78, 5) is 32.7. The number of amides is 2. The Hall–Kier alpha value is -2.80. The van der Waals surface area contributed by atoms with Crippen LogP contribution in [0.5, 0.6) is 0 Å². The second kappa shape index (κ2) is 7.55. The Bertz CT molecular complexity index is 1040. The van der Waals surface area contributed by atoms with Crippen molar-refractivity contribution >= 4 is 40.4 Å². The third-order valence-corrected chi connectivity index (χ3v) is 6.85. The number of fused-ring (bicyclic) bond motifs is 2. The standard InChI is InChI=1S/C22H21N3O3S/c26-20(13-19-21(27)23-16-6-2-4-8-18(16)29-19)25-11-9-14(10-12-25)22-24-15-5-1-3-7-17(15)28-22/h1-8,14,19H,9-13H2,(H,23,27)/t19-/m0/s1. The number of carbonyl (C=O) groups excluding carboxylic acids is 2. The van der Waals surface area contributed by atoms with Crippen LogP contribution in [0.2, 0.25) is 0 Å². The van der Waals surface area contributed by atoms with E-state index in [9.17, 15) is 9.59 Å². The molecule has 5 rings (SSSR count). The lowest BCUT2D eigenvalue weighted by Gasteiger charge is -2.32. The molecule has 0 spiro atoms. The third-order valence-electron chi connectivity index (χ3n) is 5.57. The number of piperidine rings is 1. The van der Waals surface area contributed by atoms with Crippen LogP contribution in [0.4, 0.5) is 5.69 Å². The molecule has 29 heavy (non-hydrogen) atoms. The van der Waals surface area contributed by atoms with Gasteiger partial charge in [-0.2, -0.15) is 0 Å². The molecule has 1 saturated heterocycles. The van der Waals surface area contributed by atoms with Crippen LogP contribution < -0.4 is 5.32 Å². The van der Waals surface area contributed by atoms with Crippen LogP contribution in [0.3, 0.4) is 0 Å². The Morgan fingerprint density at radius 2 is 1.90 bits per heavy atom. The van der Waals surface area contributed by atoms with Gasteiger partial charge in [0, 0.05) is 30.3 Å². The first-order valence-electron chi connectivity index (χ1n) is 9.87. The van der Waals surface area contributed by atoms with E-state index in [4.69, 9.17) is 4.42 Å². The summed E-state index contributed by atoms with van der Waals surface area (Å²) in [7, 11) is 0. The zero-order valence-corrected chi connectivity index (χ0v) is 16.7. The van der Waals surface area contributed by atoms with Crippen LogP contribution in [0.25, 0.3) is 11.1 Å². The van der Waals surface area contributed by atoms with Gasteiger partial charge < -0.3 is 14.6 Å². The molecular formula is C22H21N3O3S. The minimum Gasteiger partial charge on any atom is -0.440 e. The van der Waals surface area contributed by atoms with E-state index in [2.05, 4.69) is 10.3 Å². The molecule has 2 amide bonds. The topological polar surface area (TPSA) is 75.4 Å². The number of rotatable bonds is 3. The molecule has 2 aliphatic heterocycles. The Kier molecular flexibility index (Phi) is 4.75. The van der Waals surface area contributed by atoms with Crippen LogP contribution >= 0.6 is 11.8 Å². The van der Waals surface area contributed by atoms with Crippen LogP contribution in [-0.2, 0) is 9.59 Å². The van der Waals surface area contributed by atoms with Gasteiger partial charge >= 0.3 is 0 Å². The lowest BCUT2D eigenvalue weighted by Crippen LogP contribution is -2.41. The number of hydrogen-bond donors (Lipinski definition) is 1. The van der Waals surface area contributed by atoms with Gasteiger partial charge in [0.05, 0.1) is 10.9 Å². The second-order valence-electron chi connectivity index (χ2n) is 7.47. The molecule has 0 saturated carbocycles. The maximum Gasteiger partial charge on any atom is 0.238 e. The van der Waals surface area contributed by atoms with E-state index >= 15 is 0 Å². The first-order valence-corrected chi connectivity index (χ1v) is 10.7. The van der Waals surface area contributed by atoms with E-state index in [0.29, 0.717) is 13.1 Å². The van der Waals surface area contributed by atoms with Crippen LogP contribution in [0, 0.1) is 0 Å². The van der Waals surface area contributed by atoms with Gasteiger partial charge in [0.25, 0.3) is 0 Å². The molecular weight excluding hydrogens is 386 g/mol. The molecule has 0 aliphatic carbocycles. The number of thioether (sulfide) groups is 1. The van der Waals surface area contributed by atoms with Gasteiger partial charge in [0.15, 0.2) is 11.5 Å². The fourth-order valence-corrected chi connectivity index (χ4v) is 5.06. The molecule has 2 aliphatic rings. The number of nitrogens with zero attached hydrogens (tertiary/aromatic N) is 2. The predicted molar refractivity (Wildman–Crippen MR) is 112 cm³/mol. The van der Waals surface area contributed by atoms with E-state index in [1.165, 1.54) is 11.8 Å². The van der Waals surface area contributed by atoms with Gasteiger partial charge in [-0.15, -0.1) is 11.8 Å². The summed E-state index contributed by atoms with van der Waals surface area (Å²) in [6.07, 6.45) is 1.87.